The standard InChI is InChI=1S/C17H23NO2/c1-12-2-6-16(7-3-12)20-17(19)14-5-4-13-8-9-18-11-15(13)10-14/h4-5,10,12,16,18H,2-3,6-9,11H2,1H3. The minimum Gasteiger partial charge on any atom is -0.459 e. The van der Waals surface area contributed by atoms with Gasteiger partial charge in [0.2, 0.25) is 0 Å². The summed E-state index contributed by atoms with van der Waals surface area (Å²) in [5.74, 6) is 0.623. The molecule has 0 aromatic heterocycles. The second-order valence-electron chi connectivity index (χ2n) is 6.20. The van der Waals surface area contributed by atoms with Crippen LogP contribution >= 0.6 is 0 Å². The number of esters is 1. The van der Waals surface area contributed by atoms with Gasteiger partial charge in [0.05, 0.1) is 5.56 Å². The highest BCUT2D eigenvalue weighted by Gasteiger charge is 2.22. The number of hydrogen-bond donors (Lipinski definition) is 1. The molecule has 1 fully saturated rings. The fourth-order valence-corrected chi connectivity index (χ4v) is 3.17. The summed E-state index contributed by atoms with van der Waals surface area (Å²) >= 11 is 0. The van der Waals surface area contributed by atoms with E-state index in [9.17, 15) is 4.79 Å². The number of rotatable bonds is 2. The van der Waals surface area contributed by atoms with E-state index in [1.165, 1.54) is 24.0 Å². The maximum atomic E-state index is 12.2. The van der Waals surface area contributed by atoms with Crippen molar-refractivity contribution in [2.24, 2.45) is 5.92 Å². The molecule has 20 heavy (non-hydrogen) atoms. The first-order valence-corrected chi connectivity index (χ1v) is 7.76. The predicted molar refractivity (Wildman–Crippen MR) is 78.7 cm³/mol. The molecule has 2 aliphatic rings. The Kier molecular flexibility index (Phi) is 4.06. The van der Waals surface area contributed by atoms with E-state index in [2.05, 4.69) is 18.3 Å². The van der Waals surface area contributed by atoms with E-state index in [1.54, 1.807) is 0 Å². The van der Waals surface area contributed by atoms with Crippen molar-refractivity contribution in [1.82, 2.24) is 5.32 Å². The number of nitrogens with one attached hydrogen (secondary N) is 1. The lowest BCUT2D eigenvalue weighted by Crippen LogP contribution is -2.25. The van der Waals surface area contributed by atoms with Crippen LogP contribution in [-0.4, -0.2) is 18.6 Å². The molecule has 1 aromatic rings. The highest BCUT2D eigenvalue weighted by molar-refractivity contribution is 5.89. The fourth-order valence-electron chi connectivity index (χ4n) is 3.17. The number of carbonyl (C=O) groups excluding carboxylic acids is 1. The van der Waals surface area contributed by atoms with Crippen molar-refractivity contribution in [3.8, 4) is 0 Å². The smallest absolute Gasteiger partial charge is 0.338 e. The summed E-state index contributed by atoms with van der Waals surface area (Å²) in [7, 11) is 0. The average molecular weight is 273 g/mol. The van der Waals surface area contributed by atoms with Crippen LogP contribution in [0, 0.1) is 5.92 Å². The van der Waals surface area contributed by atoms with E-state index in [-0.39, 0.29) is 12.1 Å². The third-order valence-electron chi connectivity index (χ3n) is 4.57. The molecular formula is C17H23NO2. The Morgan fingerprint density at radius 2 is 2.00 bits per heavy atom. The molecule has 3 heteroatoms. The fraction of sp³-hybridized carbons (Fsp3) is 0.588. The Morgan fingerprint density at radius 1 is 1.20 bits per heavy atom. The number of carbonyl (C=O) groups is 1. The van der Waals surface area contributed by atoms with Gasteiger partial charge in [-0.25, -0.2) is 4.79 Å². The molecule has 108 valence electrons. The van der Waals surface area contributed by atoms with Gasteiger partial charge in [-0.15, -0.1) is 0 Å². The topological polar surface area (TPSA) is 38.3 Å². The molecule has 0 spiro atoms. The quantitative estimate of drug-likeness (QED) is 0.842. The van der Waals surface area contributed by atoms with Gasteiger partial charge in [-0.3, -0.25) is 0 Å². The van der Waals surface area contributed by atoms with Crippen LogP contribution in [0.5, 0.6) is 0 Å². The van der Waals surface area contributed by atoms with Gasteiger partial charge in [-0.1, -0.05) is 13.0 Å². The van der Waals surface area contributed by atoms with Crippen LogP contribution in [0.2, 0.25) is 0 Å². The first-order chi connectivity index (χ1) is 9.72. The summed E-state index contributed by atoms with van der Waals surface area (Å²) in [6.07, 6.45) is 5.54. The predicted octanol–water partition coefficient (Wildman–Crippen LogP) is 3.07. The molecular weight excluding hydrogens is 250 g/mol. The molecule has 0 saturated heterocycles. The van der Waals surface area contributed by atoms with Crippen LogP contribution in [0.3, 0.4) is 0 Å². The Balaban J connectivity index is 1.65. The second kappa shape index (κ2) is 5.96. The molecule has 0 atom stereocenters. The number of hydrogen-bond acceptors (Lipinski definition) is 3. The lowest BCUT2D eigenvalue weighted by atomic mass is 9.89. The van der Waals surface area contributed by atoms with Crippen molar-refractivity contribution < 1.29 is 9.53 Å². The van der Waals surface area contributed by atoms with Crippen LogP contribution in [0.4, 0.5) is 0 Å². The van der Waals surface area contributed by atoms with Crippen molar-refractivity contribution in [3.05, 3.63) is 34.9 Å². The maximum absolute atomic E-state index is 12.2. The van der Waals surface area contributed by atoms with Gasteiger partial charge in [0.25, 0.3) is 0 Å². The van der Waals surface area contributed by atoms with Gasteiger partial charge >= 0.3 is 5.97 Å². The Bertz CT molecular complexity index is 490. The van der Waals surface area contributed by atoms with E-state index < -0.39 is 0 Å². The lowest BCUT2D eigenvalue weighted by Gasteiger charge is -2.26. The minimum absolute atomic E-state index is 0.118. The van der Waals surface area contributed by atoms with E-state index in [1.807, 2.05) is 12.1 Å². The summed E-state index contributed by atoms with van der Waals surface area (Å²) < 4.78 is 5.66. The summed E-state index contributed by atoms with van der Waals surface area (Å²) in [6.45, 7) is 4.16. The second-order valence-corrected chi connectivity index (χ2v) is 6.20. The van der Waals surface area contributed by atoms with Gasteiger partial charge in [-0.05, 0) is 67.8 Å². The Morgan fingerprint density at radius 3 is 2.80 bits per heavy atom. The largest absolute Gasteiger partial charge is 0.459 e. The van der Waals surface area contributed by atoms with Crippen molar-refractivity contribution >= 4 is 5.97 Å². The minimum atomic E-state index is -0.155. The monoisotopic (exact) mass is 273 g/mol. The normalized spacial score (nSPS) is 25.9. The summed E-state index contributed by atoms with van der Waals surface area (Å²) in [5, 5.41) is 3.34. The van der Waals surface area contributed by atoms with Crippen molar-refractivity contribution in [2.45, 2.75) is 51.7 Å². The van der Waals surface area contributed by atoms with E-state index >= 15 is 0 Å². The molecule has 0 radical (unpaired) electrons. The van der Waals surface area contributed by atoms with Crippen molar-refractivity contribution in [1.29, 1.82) is 0 Å². The van der Waals surface area contributed by atoms with E-state index in [0.29, 0.717) is 5.56 Å². The molecule has 1 aliphatic carbocycles. The Hall–Kier alpha value is -1.35. The summed E-state index contributed by atoms with van der Waals surface area (Å²) in [4.78, 5) is 12.2. The van der Waals surface area contributed by atoms with Crippen LogP contribution in [0.15, 0.2) is 18.2 Å². The highest BCUT2D eigenvalue weighted by Crippen LogP contribution is 2.26. The molecule has 1 aromatic carbocycles. The SMILES string of the molecule is CC1CCC(OC(=O)c2ccc3c(c2)CNCC3)CC1. The highest BCUT2D eigenvalue weighted by atomic mass is 16.5. The molecule has 1 N–H and O–H groups in total. The van der Waals surface area contributed by atoms with Gasteiger partial charge in [0.15, 0.2) is 0 Å². The molecule has 3 rings (SSSR count). The number of fused-ring (bicyclic) bond motifs is 1. The zero-order valence-corrected chi connectivity index (χ0v) is 12.2. The molecule has 1 heterocycles. The average Bonchev–Trinajstić information content (AvgIpc) is 2.49. The Labute approximate surface area is 120 Å². The molecule has 1 aliphatic heterocycles. The number of ether oxygens (including phenoxy) is 1. The lowest BCUT2D eigenvalue weighted by molar-refractivity contribution is 0.0173. The third kappa shape index (κ3) is 3.04. The van der Waals surface area contributed by atoms with Crippen LogP contribution in [0.1, 0.15) is 54.1 Å². The third-order valence-corrected chi connectivity index (χ3v) is 4.57. The zero-order valence-electron chi connectivity index (χ0n) is 12.2. The van der Waals surface area contributed by atoms with Crippen molar-refractivity contribution in [2.75, 3.05) is 6.54 Å². The van der Waals surface area contributed by atoms with Gasteiger partial charge in [0, 0.05) is 6.54 Å². The maximum Gasteiger partial charge on any atom is 0.338 e. The molecule has 0 unspecified atom stereocenters. The van der Waals surface area contributed by atoms with Gasteiger partial charge < -0.3 is 10.1 Å². The van der Waals surface area contributed by atoms with E-state index in [0.717, 1.165) is 38.3 Å². The number of benzene rings is 1. The molecule has 1 saturated carbocycles. The first-order valence-electron chi connectivity index (χ1n) is 7.76. The summed E-state index contributed by atoms with van der Waals surface area (Å²) in [6, 6.07) is 5.99. The zero-order chi connectivity index (χ0) is 13.9. The van der Waals surface area contributed by atoms with Gasteiger partial charge in [0.1, 0.15) is 6.10 Å². The molecule has 0 bridgehead atoms. The van der Waals surface area contributed by atoms with Crippen molar-refractivity contribution in [3.63, 3.8) is 0 Å². The summed E-state index contributed by atoms with van der Waals surface area (Å²) in [5.41, 5.74) is 3.29. The molecule has 0 amide bonds. The molecule has 3 nitrogen and oxygen atoms in total. The van der Waals surface area contributed by atoms with Crippen LogP contribution in [-0.2, 0) is 17.7 Å². The van der Waals surface area contributed by atoms with E-state index in [4.69, 9.17) is 4.74 Å². The van der Waals surface area contributed by atoms with Gasteiger partial charge in [-0.2, -0.15) is 0 Å². The van der Waals surface area contributed by atoms with Crippen LogP contribution < -0.4 is 5.32 Å². The first kappa shape index (κ1) is 13.6. The van der Waals surface area contributed by atoms with Crippen LogP contribution in [0.25, 0.3) is 0 Å².